The van der Waals surface area contributed by atoms with E-state index in [1.165, 1.54) is 6.42 Å². The SMILES string of the molecule is CC1CN(C(=O)Nc2ccc(-c3ccnn3C)nn2)CC2(CCC2)O1. The lowest BCUT2D eigenvalue weighted by molar-refractivity contribution is -0.174. The van der Waals surface area contributed by atoms with Gasteiger partial charge in [-0.15, -0.1) is 10.2 Å². The summed E-state index contributed by atoms with van der Waals surface area (Å²) in [6, 6.07) is 5.31. The van der Waals surface area contributed by atoms with Gasteiger partial charge in [-0.25, -0.2) is 4.79 Å². The molecule has 2 aliphatic rings. The van der Waals surface area contributed by atoms with Gasteiger partial charge in [-0.2, -0.15) is 5.10 Å². The fourth-order valence-electron chi connectivity index (χ4n) is 3.58. The van der Waals surface area contributed by atoms with Crippen LogP contribution in [0.25, 0.3) is 11.4 Å². The molecule has 8 heteroatoms. The Kier molecular flexibility index (Phi) is 3.91. The normalized spacial score (nSPS) is 21.8. The highest BCUT2D eigenvalue weighted by Crippen LogP contribution is 2.39. The van der Waals surface area contributed by atoms with Gasteiger partial charge in [0.05, 0.1) is 23.9 Å². The second-order valence-corrected chi connectivity index (χ2v) is 6.92. The molecule has 1 saturated carbocycles. The second-order valence-electron chi connectivity index (χ2n) is 6.92. The molecule has 2 fully saturated rings. The van der Waals surface area contributed by atoms with Crippen molar-refractivity contribution in [2.24, 2.45) is 7.05 Å². The number of urea groups is 1. The number of hydrogen-bond donors (Lipinski definition) is 1. The van der Waals surface area contributed by atoms with Crippen LogP contribution in [0, 0.1) is 0 Å². The van der Waals surface area contributed by atoms with Crippen molar-refractivity contribution in [1.29, 1.82) is 0 Å². The van der Waals surface area contributed by atoms with E-state index in [4.69, 9.17) is 4.74 Å². The van der Waals surface area contributed by atoms with E-state index in [9.17, 15) is 4.79 Å². The van der Waals surface area contributed by atoms with Crippen LogP contribution in [0.2, 0.25) is 0 Å². The van der Waals surface area contributed by atoms with Gasteiger partial charge >= 0.3 is 6.03 Å². The third-order valence-electron chi connectivity index (χ3n) is 4.94. The first-order valence-electron chi connectivity index (χ1n) is 8.61. The standard InChI is InChI=1S/C17H22N6O2/c1-12-10-23(11-17(25-12)7-3-8-17)16(24)19-15-5-4-13(20-21-15)14-6-9-18-22(14)2/h4-6,9,12H,3,7-8,10-11H2,1-2H3,(H,19,21,24). The molecule has 25 heavy (non-hydrogen) atoms. The molecule has 1 aliphatic carbocycles. The first-order chi connectivity index (χ1) is 12.0. The molecule has 1 aliphatic heterocycles. The predicted molar refractivity (Wildman–Crippen MR) is 92.0 cm³/mol. The topological polar surface area (TPSA) is 85.2 Å². The summed E-state index contributed by atoms with van der Waals surface area (Å²) in [6.45, 7) is 3.25. The first kappa shape index (κ1) is 16.0. The maximum atomic E-state index is 12.6. The summed E-state index contributed by atoms with van der Waals surface area (Å²) in [5.74, 6) is 0.442. The third kappa shape index (κ3) is 3.09. The van der Waals surface area contributed by atoms with Crippen molar-refractivity contribution < 1.29 is 9.53 Å². The van der Waals surface area contributed by atoms with Crippen molar-refractivity contribution in [1.82, 2.24) is 24.9 Å². The Balaban J connectivity index is 1.43. The smallest absolute Gasteiger partial charge is 0.323 e. The molecule has 8 nitrogen and oxygen atoms in total. The fourth-order valence-corrected chi connectivity index (χ4v) is 3.58. The Hall–Kier alpha value is -2.48. The Labute approximate surface area is 146 Å². The zero-order valence-corrected chi connectivity index (χ0v) is 14.5. The molecule has 1 unspecified atom stereocenters. The number of amides is 2. The molecule has 132 valence electrons. The van der Waals surface area contributed by atoms with Crippen LogP contribution in [-0.4, -0.2) is 55.7 Å². The van der Waals surface area contributed by atoms with E-state index in [1.807, 2.05) is 31.0 Å². The molecule has 2 amide bonds. The molecule has 2 aromatic heterocycles. The molecule has 1 saturated heterocycles. The highest BCUT2D eigenvalue weighted by molar-refractivity contribution is 5.88. The Morgan fingerprint density at radius 3 is 2.76 bits per heavy atom. The minimum atomic E-state index is -0.149. The van der Waals surface area contributed by atoms with Crippen LogP contribution in [0.5, 0.6) is 0 Å². The van der Waals surface area contributed by atoms with Crippen molar-refractivity contribution >= 4 is 11.8 Å². The lowest BCUT2D eigenvalue weighted by Crippen LogP contribution is -2.60. The number of morpholine rings is 1. The molecule has 2 aromatic rings. The van der Waals surface area contributed by atoms with E-state index < -0.39 is 0 Å². The number of nitrogens with zero attached hydrogens (tertiary/aromatic N) is 5. The van der Waals surface area contributed by atoms with Crippen LogP contribution >= 0.6 is 0 Å². The zero-order chi connectivity index (χ0) is 17.4. The van der Waals surface area contributed by atoms with E-state index in [1.54, 1.807) is 16.9 Å². The number of aryl methyl sites for hydroxylation is 1. The molecule has 3 heterocycles. The fraction of sp³-hybridized carbons (Fsp3) is 0.529. The molecule has 1 atom stereocenters. The predicted octanol–water partition coefficient (Wildman–Crippen LogP) is 2.05. The van der Waals surface area contributed by atoms with E-state index in [2.05, 4.69) is 20.6 Å². The van der Waals surface area contributed by atoms with Gasteiger partial charge in [-0.05, 0) is 44.4 Å². The van der Waals surface area contributed by atoms with Crippen LogP contribution in [-0.2, 0) is 11.8 Å². The summed E-state index contributed by atoms with van der Waals surface area (Å²) in [5.41, 5.74) is 1.45. The Morgan fingerprint density at radius 2 is 2.16 bits per heavy atom. The summed E-state index contributed by atoms with van der Waals surface area (Å²) < 4.78 is 7.78. The number of carbonyl (C=O) groups is 1. The highest BCUT2D eigenvalue weighted by atomic mass is 16.5. The summed E-state index contributed by atoms with van der Waals surface area (Å²) in [5, 5.41) is 15.3. The van der Waals surface area contributed by atoms with Gasteiger partial charge < -0.3 is 9.64 Å². The summed E-state index contributed by atoms with van der Waals surface area (Å²) >= 11 is 0. The van der Waals surface area contributed by atoms with Crippen molar-refractivity contribution in [3.05, 3.63) is 24.4 Å². The molecule has 0 aromatic carbocycles. The largest absolute Gasteiger partial charge is 0.368 e. The minimum absolute atomic E-state index is 0.0538. The first-order valence-corrected chi connectivity index (χ1v) is 8.61. The molecule has 4 rings (SSSR count). The summed E-state index contributed by atoms with van der Waals surface area (Å²) in [4.78, 5) is 14.4. The van der Waals surface area contributed by atoms with Gasteiger partial charge in [0, 0.05) is 19.8 Å². The summed E-state index contributed by atoms with van der Waals surface area (Å²) in [6.07, 6.45) is 4.99. The van der Waals surface area contributed by atoms with E-state index in [-0.39, 0.29) is 17.7 Å². The number of rotatable bonds is 2. The quantitative estimate of drug-likeness (QED) is 0.903. The van der Waals surface area contributed by atoms with Crippen LogP contribution in [0.15, 0.2) is 24.4 Å². The average Bonchev–Trinajstić information content (AvgIpc) is 2.99. The average molecular weight is 342 g/mol. The number of carbonyl (C=O) groups excluding carboxylic acids is 1. The monoisotopic (exact) mass is 342 g/mol. The number of nitrogens with one attached hydrogen (secondary N) is 1. The van der Waals surface area contributed by atoms with Crippen LogP contribution in [0.3, 0.4) is 0 Å². The highest BCUT2D eigenvalue weighted by Gasteiger charge is 2.45. The molecule has 0 radical (unpaired) electrons. The van der Waals surface area contributed by atoms with Crippen molar-refractivity contribution in [3.63, 3.8) is 0 Å². The third-order valence-corrected chi connectivity index (χ3v) is 4.94. The maximum Gasteiger partial charge on any atom is 0.323 e. The van der Waals surface area contributed by atoms with Gasteiger partial charge in [0.1, 0.15) is 5.69 Å². The molecule has 1 N–H and O–H groups in total. The van der Waals surface area contributed by atoms with Gasteiger partial charge in [0.15, 0.2) is 5.82 Å². The van der Waals surface area contributed by atoms with Gasteiger partial charge in [0.2, 0.25) is 0 Å². The van der Waals surface area contributed by atoms with Crippen molar-refractivity contribution in [2.45, 2.75) is 37.9 Å². The van der Waals surface area contributed by atoms with E-state index in [0.29, 0.717) is 24.6 Å². The van der Waals surface area contributed by atoms with Crippen molar-refractivity contribution in [3.8, 4) is 11.4 Å². The molecular weight excluding hydrogens is 320 g/mol. The molecule has 0 bridgehead atoms. The van der Waals surface area contributed by atoms with Gasteiger partial charge in [-0.1, -0.05) is 0 Å². The number of hydrogen-bond acceptors (Lipinski definition) is 5. The van der Waals surface area contributed by atoms with Crippen LogP contribution in [0.4, 0.5) is 10.6 Å². The molecular formula is C17H22N6O2. The Morgan fingerprint density at radius 1 is 1.32 bits per heavy atom. The Bertz CT molecular complexity index is 768. The molecule has 1 spiro atoms. The summed E-state index contributed by atoms with van der Waals surface area (Å²) in [7, 11) is 1.85. The van der Waals surface area contributed by atoms with E-state index >= 15 is 0 Å². The van der Waals surface area contributed by atoms with Gasteiger partial charge in [0.25, 0.3) is 0 Å². The maximum absolute atomic E-state index is 12.6. The number of aromatic nitrogens is 4. The van der Waals surface area contributed by atoms with Crippen molar-refractivity contribution in [2.75, 3.05) is 18.4 Å². The lowest BCUT2D eigenvalue weighted by Gasteiger charge is -2.50. The minimum Gasteiger partial charge on any atom is -0.368 e. The van der Waals surface area contributed by atoms with Gasteiger partial charge in [-0.3, -0.25) is 10.00 Å². The zero-order valence-electron chi connectivity index (χ0n) is 14.5. The van der Waals surface area contributed by atoms with Crippen LogP contribution in [0.1, 0.15) is 26.2 Å². The number of ether oxygens (including phenoxy) is 1. The van der Waals surface area contributed by atoms with Crippen LogP contribution < -0.4 is 5.32 Å². The van der Waals surface area contributed by atoms with E-state index in [0.717, 1.165) is 18.5 Å². The number of anilines is 1. The lowest BCUT2D eigenvalue weighted by atomic mass is 9.78. The second kappa shape index (κ2) is 6.11.